The molecule has 0 aromatic heterocycles. The molecule has 0 bridgehead atoms. The van der Waals surface area contributed by atoms with Gasteiger partial charge in [-0.05, 0) is 35.7 Å². The summed E-state index contributed by atoms with van der Waals surface area (Å²) in [5.74, 6) is 0.936. The Hall–Kier alpha value is -1.67. The molecular weight excluding hydrogens is 240 g/mol. The van der Waals surface area contributed by atoms with E-state index in [0.29, 0.717) is 0 Å². The summed E-state index contributed by atoms with van der Waals surface area (Å²) in [5.41, 5.74) is 2.64. The molecule has 0 aliphatic carbocycles. The number of fused-ring (bicyclic) bond motifs is 1. The van der Waals surface area contributed by atoms with Crippen molar-refractivity contribution in [1.82, 2.24) is 0 Å². The summed E-state index contributed by atoms with van der Waals surface area (Å²) < 4.78 is 5.26. The molecule has 0 atom stereocenters. The highest BCUT2D eigenvalue weighted by Gasteiger charge is 2.13. The molecule has 0 saturated heterocycles. The molecule has 2 heteroatoms. The maximum absolute atomic E-state index is 5.26. The van der Waals surface area contributed by atoms with Gasteiger partial charge in [-0.3, -0.25) is 0 Å². The van der Waals surface area contributed by atoms with E-state index >= 15 is 0 Å². The minimum absolute atomic E-state index is 0.936. The number of thioether (sulfide) groups is 1. The van der Waals surface area contributed by atoms with E-state index in [0.717, 1.165) is 12.2 Å². The molecule has 0 fully saturated rings. The molecule has 2 aromatic carbocycles. The number of rotatable bonds is 2. The lowest BCUT2D eigenvalue weighted by molar-refractivity contribution is 0.414. The van der Waals surface area contributed by atoms with Crippen molar-refractivity contribution in [2.75, 3.05) is 7.11 Å². The van der Waals surface area contributed by atoms with Crippen LogP contribution in [0.1, 0.15) is 11.1 Å². The van der Waals surface area contributed by atoms with E-state index < -0.39 is 0 Å². The van der Waals surface area contributed by atoms with Gasteiger partial charge in [0.1, 0.15) is 5.75 Å². The monoisotopic (exact) mass is 254 g/mol. The molecule has 0 radical (unpaired) electrons. The van der Waals surface area contributed by atoms with Crippen LogP contribution in [-0.2, 0) is 6.42 Å². The van der Waals surface area contributed by atoms with Gasteiger partial charge in [0.15, 0.2) is 0 Å². The number of allylic oxidation sites excluding steroid dienone is 1. The van der Waals surface area contributed by atoms with Crippen LogP contribution < -0.4 is 4.74 Å². The number of hydrogen-bond donors (Lipinski definition) is 0. The zero-order chi connectivity index (χ0) is 12.4. The molecule has 2 aromatic rings. The Kier molecular flexibility index (Phi) is 3.11. The smallest absolute Gasteiger partial charge is 0.119 e. The molecule has 0 N–H and O–H groups in total. The van der Waals surface area contributed by atoms with Gasteiger partial charge in [0.2, 0.25) is 0 Å². The Labute approximate surface area is 111 Å². The lowest BCUT2D eigenvalue weighted by Crippen LogP contribution is -1.95. The maximum Gasteiger partial charge on any atom is 0.119 e. The summed E-state index contributed by atoms with van der Waals surface area (Å²) in [6, 6.07) is 16.8. The number of methoxy groups -OCH3 is 1. The Morgan fingerprint density at radius 3 is 2.67 bits per heavy atom. The second-order valence-corrected chi connectivity index (χ2v) is 5.30. The molecule has 0 saturated carbocycles. The Balaban J connectivity index is 1.91. The highest BCUT2D eigenvalue weighted by atomic mass is 32.2. The van der Waals surface area contributed by atoms with Crippen molar-refractivity contribution in [3.8, 4) is 5.75 Å². The van der Waals surface area contributed by atoms with E-state index in [9.17, 15) is 0 Å². The van der Waals surface area contributed by atoms with Crippen molar-refractivity contribution in [1.29, 1.82) is 0 Å². The zero-order valence-corrected chi connectivity index (χ0v) is 11.0. The highest BCUT2D eigenvalue weighted by molar-refractivity contribution is 8.08. The van der Waals surface area contributed by atoms with Gasteiger partial charge in [-0.2, -0.15) is 0 Å². The molecule has 0 spiro atoms. The standard InChI is InChI=1S/C16H14OS/c1-17-14-8-10-16-13(11-14)7-9-15(18-16)12-5-3-2-4-6-12/h2-6,8-11H,7H2,1H3. The van der Waals surface area contributed by atoms with Crippen LogP contribution in [0.25, 0.3) is 4.91 Å². The van der Waals surface area contributed by atoms with Crippen LogP contribution >= 0.6 is 11.8 Å². The van der Waals surface area contributed by atoms with Gasteiger partial charge in [0, 0.05) is 9.80 Å². The molecule has 0 amide bonds. The van der Waals surface area contributed by atoms with Crippen LogP contribution in [-0.4, -0.2) is 7.11 Å². The second-order valence-electron chi connectivity index (χ2n) is 4.21. The third-order valence-corrected chi connectivity index (χ3v) is 4.29. The Morgan fingerprint density at radius 1 is 1.06 bits per heavy atom. The summed E-state index contributed by atoms with van der Waals surface area (Å²) >= 11 is 1.83. The third kappa shape index (κ3) is 2.16. The molecule has 1 aliphatic rings. The Bertz CT molecular complexity index is 587. The molecule has 1 nitrogen and oxygen atoms in total. The topological polar surface area (TPSA) is 9.23 Å². The van der Waals surface area contributed by atoms with Crippen molar-refractivity contribution in [2.45, 2.75) is 11.3 Å². The van der Waals surface area contributed by atoms with Gasteiger partial charge < -0.3 is 4.74 Å². The van der Waals surface area contributed by atoms with Crippen LogP contribution in [0.5, 0.6) is 5.75 Å². The summed E-state index contributed by atoms with van der Waals surface area (Å²) in [5, 5.41) is 0. The molecular formula is C16H14OS. The van der Waals surface area contributed by atoms with E-state index in [-0.39, 0.29) is 0 Å². The first-order valence-corrected chi connectivity index (χ1v) is 6.79. The maximum atomic E-state index is 5.26. The van der Waals surface area contributed by atoms with E-state index in [2.05, 4.69) is 48.5 Å². The lowest BCUT2D eigenvalue weighted by atomic mass is 10.1. The SMILES string of the molecule is COc1ccc2c(c1)CC=C(c1ccccc1)S2. The number of benzene rings is 2. The molecule has 18 heavy (non-hydrogen) atoms. The second kappa shape index (κ2) is 4.91. The lowest BCUT2D eigenvalue weighted by Gasteiger charge is -2.17. The predicted molar refractivity (Wildman–Crippen MR) is 77.0 cm³/mol. The summed E-state index contributed by atoms with van der Waals surface area (Å²) in [7, 11) is 1.71. The molecule has 3 rings (SSSR count). The minimum atomic E-state index is 0.936. The average Bonchev–Trinajstić information content (AvgIpc) is 2.47. The van der Waals surface area contributed by atoms with Gasteiger partial charge in [-0.15, -0.1) is 0 Å². The normalized spacial score (nSPS) is 13.7. The van der Waals surface area contributed by atoms with Crippen LogP contribution in [0.4, 0.5) is 0 Å². The average molecular weight is 254 g/mol. The number of ether oxygens (including phenoxy) is 1. The summed E-state index contributed by atoms with van der Waals surface area (Å²) in [4.78, 5) is 2.67. The van der Waals surface area contributed by atoms with Crippen LogP contribution in [0.15, 0.2) is 59.5 Å². The summed E-state index contributed by atoms with van der Waals surface area (Å²) in [6.45, 7) is 0. The van der Waals surface area contributed by atoms with Gasteiger partial charge in [0.05, 0.1) is 7.11 Å². The Morgan fingerprint density at radius 2 is 1.89 bits per heavy atom. The van der Waals surface area contributed by atoms with Crippen LogP contribution in [0.2, 0.25) is 0 Å². The first-order valence-electron chi connectivity index (χ1n) is 5.97. The van der Waals surface area contributed by atoms with Crippen molar-refractivity contribution >= 4 is 16.7 Å². The predicted octanol–water partition coefficient (Wildman–Crippen LogP) is 4.38. The number of hydrogen-bond acceptors (Lipinski definition) is 2. The molecule has 0 unspecified atom stereocenters. The van der Waals surface area contributed by atoms with E-state index in [1.165, 1.54) is 20.9 Å². The first kappa shape index (κ1) is 11.4. The van der Waals surface area contributed by atoms with Crippen molar-refractivity contribution in [2.24, 2.45) is 0 Å². The fourth-order valence-electron chi connectivity index (χ4n) is 2.08. The molecule has 90 valence electrons. The third-order valence-electron chi connectivity index (χ3n) is 3.05. The van der Waals surface area contributed by atoms with Crippen LogP contribution in [0, 0.1) is 0 Å². The fourth-order valence-corrected chi connectivity index (χ4v) is 3.15. The van der Waals surface area contributed by atoms with E-state index in [4.69, 9.17) is 4.74 Å². The largest absolute Gasteiger partial charge is 0.497 e. The zero-order valence-electron chi connectivity index (χ0n) is 10.2. The quantitative estimate of drug-likeness (QED) is 0.786. The van der Waals surface area contributed by atoms with E-state index in [1.54, 1.807) is 7.11 Å². The van der Waals surface area contributed by atoms with Gasteiger partial charge in [-0.25, -0.2) is 0 Å². The molecule has 1 aliphatic heterocycles. The van der Waals surface area contributed by atoms with E-state index in [1.807, 2.05) is 17.8 Å². The van der Waals surface area contributed by atoms with Crippen LogP contribution in [0.3, 0.4) is 0 Å². The summed E-state index contributed by atoms with van der Waals surface area (Å²) in [6.07, 6.45) is 3.27. The van der Waals surface area contributed by atoms with Crippen molar-refractivity contribution in [3.63, 3.8) is 0 Å². The van der Waals surface area contributed by atoms with Gasteiger partial charge in [0.25, 0.3) is 0 Å². The van der Waals surface area contributed by atoms with Gasteiger partial charge >= 0.3 is 0 Å². The first-order chi connectivity index (χ1) is 8.86. The van der Waals surface area contributed by atoms with Gasteiger partial charge in [-0.1, -0.05) is 48.2 Å². The van der Waals surface area contributed by atoms with Crippen molar-refractivity contribution in [3.05, 3.63) is 65.7 Å². The molecule has 1 heterocycles. The minimum Gasteiger partial charge on any atom is -0.497 e. The fraction of sp³-hybridized carbons (Fsp3) is 0.125. The van der Waals surface area contributed by atoms with Crippen molar-refractivity contribution < 1.29 is 4.74 Å². The highest BCUT2D eigenvalue weighted by Crippen LogP contribution is 2.41.